The van der Waals surface area contributed by atoms with E-state index in [1.54, 1.807) is 0 Å². The fraction of sp³-hybridized carbons (Fsp3) is 0.467. The fourth-order valence-corrected chi connectivity index (χ4v) is 1.63. The van der Waals surface area contributed by atoms with Gasteiger partial charge in [0.1, 0.15) is 12.4 Å². The number of hydrogen-bond acceptors (Lipinski definition) is 2. The van der Waals surface area contributed by atoms with Crippen LogP contribution >= 0.6 is 11.6 Å². The van der Waals surface area contributed by atoms with E-state index in [0.29, 0.717) is 13.2 Å². The topological polar surface area (TPSA) is 21.3 Å². The van der Waals surface area contributed by atoms with Crippen molar-refractivity contribution in [1.29, 1.82) is 0 Å². The van der Waals surface area contributed by atoms with E-state index in [9.17, 15) is 0 Å². The van der Waals surface area contributed by atoms with Crippen LogP contribution in [0.3, 0.4) is 0 Å². The molecule has 0 spiro atoms. The summed E-state index contributed by atoms with van der Waals surface area (Å²) in [5, 5.41) is 4.15. The quantitative estimate of drug-likeness (QED) is 0.808. The number of benzene rings is 1. The van der Waals surface area contributed by atoms with E-state index in [1.165, 1.54) is 0 Å². The predicted molar refractivity (Wildman–Crippen MR) is 78.4 cm³/mol. The molecular weight excluding hydrogens is 246 g/mol. The van der Waals surface area contributed by atoms with E-state index < -0.39 is 0 Å². The van der Waals surface area contributed by atoms with Crippen LogP contribution in [0.5, 0.6) is 5.75 Å². The summed E-state index contributed by atoms with van der Waals surface area (Å²) in [5.74, 6) is 0.822. The van der Waals surface area contributed by atoms with Gasteiger partial charge in [-0.25, -0.2) is 0 Å². The molecule has 0 aliphatic heterocycles. The molecule has 0 atom stereocenters. The van der Waals surface area contributed by atoms with Gasteiger partial charge in [0, 0.05) is 22.7 Å². The van der Waals surface area contributed by atoms with E-state index >= 15 is 0 Å². The molecular formula is C15H22ClNO. The standard InChI is InChI=1S/C15H22ClNO/c1-11(2)10-18-14-8-6-7-13(16)12(14)9-17-15(3,4)5/h6-8,17H,1,9-10H2,2-5H3. The SMILES string of the molecule is C=C(C)COc1cccc(Cl)c1CNC(C)(C)C. The minimum Gasteiger partial charge on any atom is -0.489 e. The van der Waals surface area contributed by atoms with Crippen molar-refractivity contribution in [2.24, 2.45) is 0 Å². The second-order valence-electron chi connectivity index (χ2n) is 5.57. The van der Waals surface area contributed by atoms with Gasteiger partial charge in [0.25, 0.3) is 0 Å². The first-order valence-corrected chi connectivity index (χ1v) is 6.47. The van der Waals surface area contributed by atoms with Gasteiger partial charge in [-0.05, 0) is 45.4 Å². The van der Waals surface area contributed by atoms with Gasteiger partial charge >= 0.3 is 0 Å². The maximum absolute atomic E-state index is 6.23. The zero-order valence-electron chi connectivity index (χ0n) is 11.6. The molecule has 0 saturated carbocycles. The third-order valence-corrected chi connectivity index (χ3v) is 2.70. The van der Waals surface area contributed by atoms with E-state index in [0.717, 1.165) is 21.9 Å². The number of hydrogen-bond donors (Lipinski definition) is 1. The Morgan fingerprint density at radius 1 is 1.39 bits per heavy atom. The van der Waals surface area contributed by atoms with Gasteiger partial charge in [-0.2, -0.15) is 0 Å². The summed E-state index contributed by atoms with van der Waals surface area (Å²) < 4.78 is 5.72. The smallest absolute Gasteiger partial charge is 0.125 e. The molecule has 0 aliphatic carbocycles. The summed E-state index contributed by atoms with van der Waals surface area (Å²) >= 11 is 6.23. The highest BCUT2D eigenvalue weighted by atomic mass is 35.5. The van der Waals surface area contributed by atoms with Crippen LogP contribution in [-0.2, 0) is 6.54 Å². The first kappa shape index (κ1) is 15.1. The number of ether oxygens (including phenoxy) is 1. The normalized spacial score (nSPS) is 11.4. The van der Waals surface area contributed by atoms with Gasteiger partial charge in [-0.15, -0.1) is 0 Å². The third-order valence-electron chi connectivity index (χ3n) is 2.35. The van der Waals surface area contributed by atoms with Crippen molar-refractivity contribution in [2.45, 2.75) is 39.8 Å². The Labute approximate surface area is 115 Å². The van der Waals surface area contributed by atoms with E-state index in [2.05, 4.69) is 32.7 Å². The van der Waals surface area contributed by atoms with Gasteiger partial charge in [0.05, 0.1) is 0 Å². The Bertz CT molecular complexity index is 421. The predicted octanol–water partition coefficient (Wildman–Crippen LogP) is 4.18. The maximum atomic E-state index is 6.23. The second-order valence-corrected chi connectivity index (χ2v) is 5.97. The van der Waals surface area contributed by atoms with Gasteiger partial charge in [-0.1, -0.05) is 24.2 Å². The lowest BCUT2D eigenvalue weighted by Crippen LogP contribution is -2.35. The van der Waals surface area contributed by atoms with E-state index in [1.807, 2.05) is 25.1 Å². The van der Waals surface area contributed by atoms with Crippen LogP contribution in [0.4, 0.5) is 0 Å². The second kappa shape index (κ2) is 6.26. The highest BCUT2D eigenvalue weighted by Gasteiger charge is 2.13. The lowest BCUT2D eigenvalue weighted by Gasteiger charge is -2.22. The van der Waals surface area contributed by atoms with Crippen molar-refractivity contribution in [3.8, 4) is 5.75 Å². The van der Waals surface area contributed by atoms with Gasteiger partial charge in [0.2, 0.25) is 0 Å². The minimum atomic E-state index is 0.0464. The summed E-state index contributed by atoms with van der Waals surface area (Å²) in [4.78, 5) is 0. The monoisotopic (exact) mass is 267 g/mol. The summed E-state index contributed by atoms with van der Waals surface area (Å²) in [7, 11) is 0. The van der Waals surface area contributed by atoms with Crippen molar-refractivity contribution < 1.29 is 4.74 Å². The average molecular weight is 268 g/mol. The van der Waals surface area contributed by atoms with Crippen molar-refractivity contribution >= 4 is 11.6 Å². The first-order chi connectivity index (χ1) is 8.29. The fourth-order valence-electron chi connectivity index (χ4n) is 1.40. The molecule has 0 aliphatic rings. The van der Waals surface area contributed by atoms with Gasteiger partial charge in [-0.3, -0.25) is 0 Å². The Hall–Kier alpha value is -0.990. The van der Waals surface area contributed by atoms with Gasteiger partial charge < -0.3 is 10.1 Å². The molecule has 0 aromatic heterocycles. The average Bonchev–Trinajstić information content (AvgIpc) is 2.23. The molecule has 1 rings (SSSR count). The molecule has 1 aromatic carbocycles. The molecule has 0 fully saturated rings. The lowest BCUT2D eigenvalue weighted by atomic mass is 10.1. The van der Waals surface area contributed by atoms with Crippen LogP contribution < -0.4 is 10.1 Å². The highest BCUT2D eigenvalue weighted by Crippen LogP contribution is 2.27. The van der Waals surface area contributed by atoms with Crippen LogP contribution in [0.1, 0.15) is 33.3 Å². The van der Waals surface area contributed by atoms with Crippen LogP contribution in [-0.4, -0.2) is 12.1 Å². The molecule has 3 heteroatoms. The molecule has 0 unspecified atom stereocenters. The summed E-state index contributed by atoms with van der Waals surface area (Å²) in [6.45, 7) is 13.4. The Morgan fingerprint density at radius 3 is 2.61 bits per heavy atom. The zero-order valence-corrected chi connectivity index (χ0v) is 12.4. The molecule has 0 heterocycles. The number of rotatable bonds is 5. The third kappa shape index (κ3) is 5.11. The van der Waals surface area contributed by atoms with E-state index in [4.69, 9.17) is 16.3 Å². The molecule has 0 radical (unpaired) electrons. The van der Waals surface area contributed by atoms with Crippen LogP contribution in [0.15, 0.2) is 30.4 Å². The first-order valence-electron chi connectivity index (χ1n) is 6.09. The van der Waals surface area contributed by atoms with Crippen molar-refractivity contribution in [3.63, 3.8) is 0 Å². The molecule has 100 valence electrons. The minimum absolute atomic E-state index is 0.0464. The van der Waals surface area contributed by atoms with E-state index in [-0.39, 0.29) is 5.54 Å². The maximum Gasteiger partial charge on any atom is 0.125 e. The Kier molecular flexibility index (Phi) is 5.24. The number of halogens is 1. The van der Waals surface area contributed by atoms with Crippen molar-refractivity contribution in [2.75, 3.05) is 6.61 Å². The molecule has 0 amide bonds. The highest BCUT2D eigenvalue weighted by molar-refractivity contribution is 6.31. The Balaban J connectivity index is 2.83. The summed E-state index contributed by atoms with van der Waals surface area (Å²) in [6, 6.07) is 5.72. The zero-order chi connectivity index (χ0) is 13.8. The lowest BCUT2D eigenvalue weighted by molar-refractivity contribution is 0.343. The molecule has 0 bridgehead atoms. The largest absolute Gasteiger partial charge is 0.489 e. The van der Waals surface area contributed by atoms with Crippen LogP contribution in [0.25, 0.3) is 0 Å². The molecule has 0 saturated heterocycles. The summed E-state index contributed by atoms with van der Waals surface area (Å²) in [5.41, 5.74) is 2.03. The van der Waals surface area contributed by atoms with Crippen molar-refractivity contribution in [1.82, 2.24) is 5.32 Å². The molecule has 2 nitrogen and oxygen atoms in total. The molecule has 1 aromatic rings. The van der Waals surface area contributed by atoms with Crippen molar-refractivity contribution in [3.05, 3.63) is 40.9 Å². The molecule has 18 heavy (non-hydrogen) atoms. The molecule has 1 N–H and O–H groups in total. The number of nitrogens with one attached hydrogen (secondary N) is 1. The van der Waals surface area contributed by atoms with Crippen LogP contribution in [0.2, 0.25) is 5.02 Å². The Morgan fingerprint density at radius 2 is 2.06 bits per heavy atom. The van der Waals surface area contributed by atoms with Gasteiger partial charge in [0.15, 0.2) is 0 Å². The summed E-state index contributed by atoms with van der Waals surface area (Å²) in [6.07, 6.45) is 0. The van der Waals surface area contributed by atoms with Crippen LogP contribution in [0, 0.1) is 0 Å².